The third kappa shape index (κ3) is 43.1. The molecule has 1 aliphatic heterocycles. The number of nitrogens with one attached hydrogen (secondary N) is 11. The van der Waals surface area contributed by atoms with E-state index in [-0.39, 0.29) is 71.0 Å². The molecule has 1 aliphatic rings. The summed E-state index contributed by atoms with van der Waals surface area (Å²) in [5.41, 5.74) is 44.4. The zero-order valence-corrected chi connectivity index (χ0v) is 66.5. The molecule has 44 nitrogen and oxygen atoms in total. The lowest BCUT2D eigenvalue weighted by Gasteiger charge is -2.30. The monoisotopic (exact) mass is 1650 g/mol. The highest BCUT2D eigenvalue weighted by Gasteiger charge is 2.42. The van der Waals surface area contributed by atoms with Crippen molar-refractivity contribution >= 4 is 118 Å². The number of rotatable bonds is 63. The van der Waals surface area contributed by atoms with E-state index in [9.17, 15) is 112 Å². The number of amides is 17. The Morgan fingerprint density at radius 3 is 1.22 bits per heavy atom. The standard InChI is InChI=1S/C72H125N21O23/c1-4-5-6-7-8-9-10-11-12-13-14-15-16-24-55(99)91-56(100)31-25-41(74)61(106)82-42(21-17-18-33-73)62(107)89-49(38-94)68(113)85-44(26-29-52(75)96)64(109)83-43(22-19-34-81-72(79)80)63(108)90-50(39-95)69(114)86-45(27-30-53(76)97)65(110)87-47(37-58(103)104)67(112)84-46(28-32-57(101)102)66(111)88-48(36-54(77)98)71(116)93-35-20-23-51(93)70(115)92-59(40(2)3)60(78)105/h40-51,59,94-95H,4-39,73-74H2,1-3H3,(H2,75,96)(H2,76,97)(H2,77,98)(H2,78,105)(H,82,106)(H,83,109)(H,84,112)(H,85,113)(H,86,114)(H,87,110)(H,88,111)(H,89,107)(H,90,108)(H,92,115)(H,101,102)(H,103,104)(H4,79,80,81)(H,91,99,100)/t41-,42-,43-,44-,45-,46-,47-,48-,49-,50-,51-,59-/m0/s1. The fraction of sp³-hybridized carbons (Fsp3) is 0.722. The van der Waals surface area contributed by atoms with E-state index < -0.39 is 268 Å². The number of primary amides is 4. The number of hydrogen-bond acceptors (Lipinski definition) is 24. The quantitative estimate of drug-likeness (QED) is 0.0153. The van der Waals surface area contributed by atoms with E-state index in [1.165, 1.54) is 51.4 Å². The number of imide groups is 1. The largest absolute Gasteiger partial charge is 0.481 e. The molecule has 0 aromatic carbocycles. The molecule has 1 rings (SSSR count). The topological polar surface area (TPSA) is 761 Å². The third-order valence-corrected chi connectivity index (χ3v) is 18.6. The molecule has 1 heterocycles. The number of carboxylic acids is 2. The third-order valence-electron chi connectivity index (χ3n) is 18.6. The number of aliphatic hydroxyl groups excluding tert-OH is 2. The van der Waals surface area contributed by atoms with Gasteiger partial charge in [0.25, 0.3) is 0 Å². The van der Waals surface area contributed by atoms with Crippen molar-refractivity contribution in [2.45, 2.75) is 292 Å². The van der Waals surface area contributed by atoms with Crippen LogP contribution in [0.15, 0.2) is 4.99 Å². The van der Waals surface area contributed by atoms with Crippen LogP contribution in [0.2, 0.25) is 0 Å². The predicted octanol–water partition coefficient (Wildman–Crippen LogP) is -6.89. The van der Waals surface area contributed by atoms with Gasteiger partial charge >= 0.3 is 11.9 Å². The fourth-order valence-electron chi connectivity index (χ4n) is 12.1. The molecule has 0 saturated carbocycles. The maximum atomic E-state index is 14.3. The van der Waals surface area contributed by atoms with E-state index >= 15 is 0 Å². The Labute approximate surface area is 672 Å². The molecular weight excluding hydrogens is 1530 g/mol. The number of carbonyl (C=O) groups excluding carboxylic acids is 17. The van der Waals surface area contributed by atoms with Crippen LogP contribution in [0.3, 0.4) is 0 Å². The number of carbonyl (C=O) groups is 19. The molecule has 1 fully saturated rings. The summed E-state index contributed by atoms with van der Waals surface area (Å²) in [6.45, 7) is 2.75. The zero-order valence-electron chi connectivity index (χ0n) is 66.5. The van der Waals surface area contributed by atoms with E-state index in [2.05, 4.69) is 65.1 Å². The second kappa shape index (κ2) is 57.3. The number of nitrogens with zero attached hydrogens (tertiary/aromatic N) is 2. The van der Waals surface area contributed by atoms with Crippen LogP contribution in [0.5, 0.6) is 0 Å². The molecule has 12 atom stereocenters. The first-order valence-electron chi connectivity index (χ1n) is 39.3. The fourth-order valence-corrected chi connectivity index (χ4v) is 12.1. The smallest absolute Gasteiger partial charge is 0.305 e. The van der Waals surface area contributed by atoms with Crippen LogP contribution in [-0.4, -0.2) is 249 Å². The second-order valence-electron chi connectivity index (χ2n) is 28.8. The molecule has 0 spiro atoms. The SMILES string of the molecule is CCCCCCCCCCCCCCCC(=O)NC(=O)CC[C@H](N)C(=O)N[C@@H](CCCCN)C(=O)N[C@@H](CO)C(=O)N[C@@H](CCC(N)=O)C(=O)N[C@@H](CCCN=C(N)N)C(=O)N[C@@H](CO)C(=O)N[C@@H](CCC(N)=O)C(=O)N[C@@H](CC(=O)O)C(=O)N[C@@H](CCC(=O)O)C(=O)N[C@@H](CC(N)=O)C(=O)N1CCC[C@H]1C(=O)N[C@H](C(N)=O)C(C)C. The van der Waals surface area contributed by atoms with Crippen molar-refractivity contribution in [3.8, 4) is 0 Å². The summed E-state index contributed by atoms with van der Waals surface area (Å²) in [6.07, 6.45) is 7.50. The lowest BCUT2D eigenvalue weighted by molar-refractivity contribution is -0.144. The molecule has 44 heteroatoms. The van der Waals surface area contributed by atoms with Gasteiger partial charge in [-0.05, 0) is 89.5 Å². The van der Waals surface area contributed by atoms with Crippen LogP contribution in [-0.2, 0) is 91.1 Å². The minimum Gasteiger partial charge on any atom is -0.481 e. The Bertz CT molecular complexity index is 3330. The maximum absolute atomic E-state index is 14.3. The number of likely N-dealkylation sites (tertiary alicyclic amines) is 1. The summed E-state index contributed by atoms with van der Waals surface area (Å²) in [6, 6.07) is -21.1. The average molecular weight is 1650 g/mol. The van der Waals surface area contributed by atoms with Crippen molar-refractivity contribution < 1.29 is 112 Å². The summed E-state index contributed by atoms with van der Waals surface area (Å²) in [7, 11) is 0. The van der Waals surface area contributed by atoms with Crippen molar-refractivity contribution in [3.05, 3.63) is 0 Å². The van der Waals surface area contributed by atoms with Crippen molar-refractivity contribution in [1.82, 2.24) is 63.4 Å². The number of nitrogens with two attached hydrogens (primary N) is 8. The Hall–Kier alpha value is -10.8. The minimum absolute atomic E-state index is 0.0455. The molecular formula is C72H125N21O23. The second-order valence-corrected chi connectivity index (χ2v) is 28.8. The highest BCUT2D eigenvalue weighted by Crippen LogP contribution is 2.21. The molecule has 0 radical (unpaired) electrons. The van der Waals surface area contributed by atoms with E-state index in [0.717, 1.165) is 30.6 Å². The van der Waals surface area contributed by atoms with Crippen LogP contribution in [0.4, 0.5) is 0 Å². The van der Waals surface area contributed by atoms with Gasteiger partial charge in [0.15, 0.2) is 5.96 Å². The molecule has 656 valence electrons. The number of aliphatic carboxylic acids is 2. The number of aliphatic hydroxyl groups is 2. The van der Waals surface area contributed by atoms with Crippen LogP contribution >= 0.6 is 0 Å². The van der Waals surface area contributed by atoms with Gasteiger partial charge in [0.1, 0.15) is 66.5 Å². The first-order valence-corrected chi connectivity index (χ1v) is 39.3. The Kier molecular flexibility index (Phi) is 51.0. The van der Waals surface area contributed by atoms with Gasteiger partial charge < -0.3 is 124 Å². The van der Waals surface area contributed by atoms with E-state index in [4.69, 9.17) is 45.9 Å². The zero-order chi connectivity index (χ0) is 87.6. The summed E-state index contributed by atoms with van der Waals surface area (Å²) in [4.78, 5) is 256. The molecule has 0 aliphatic carbocycles. The molecule has 0 aromatic rings. The molecule has 1 saturated heterocycles. The number of guanidine groups is 1. The molecule has 0 unspecified atom stereocenters. The number of carboxylic acid groups (broad SMARTS) is 2. The van der Waals surface area contributed by atoms with E-state index in [1.807, 2.05) is 5.32 Å². The molecule has 31 N–H and O–H groups in total. The van der Waals surface area contributed by atoms with Crippen molar-refractivity contribution in [3.63, 3.8) is 0 Å². The first-order chi connectivity index (χ1) is 54.8. The maximum Gasteiger partial charge on any atom is 0.305 e. The number of hydrogen-bond donors (Lipinski definition) is 23. The van der Waals surface area contributed by atoms with Crippen LogP contribution in [0.1, 0.15) is 220 Å². The number of unbranched alkanes of at least 4 members (excludes halogenated alkanes) is 13. The van der Waals surface area contributed by atoms with Gasteiger partial charge in [-0.1, -0.05) is 97.8 Å². The van der Waals surface area contributed by atoms with Gasteiger partial charge in [0.05, 0.1) is 32.1 Å². The van der Waals surface area contributed by atoms with Crippen molar-refractivity contribution in [2.75, 3.05) is 32.8 Å². The summed E-state index contributed by atoms with van der Waals surface area (Å²) in [5.74, 6) is -23.0. The van der Waals surface area contributed by atoms with Gasteiger partial charge in [0.2, 0.25) is 100 Å². The Morgan fingerprint density at radius 1 is 0.414 bits per heavy atom. The lowest BCUT2D eigenvalue weighted by Crippen LogP contribution is -2.61. The molecule has 116 heavy (non-hydrogen) atoms. The average Bonchev–Trinajstić information content (AvgIpc) is 1.63. The molecule has 17 amide bonds. The van der Waals surface area contributed by atoms with Crippen molar-refractivity contribution in [1.29, 1.82) is 0 Å². The lowest BCUT2D eigenvalue weighted by atomic mass is 10.0. The predicted molar refractivity (Wildman–Crippen MR) is 416 cm³/mol. The minimum atomic E-state index is -2.26. The Balaban J connectivity index is 3.44. The van der Waals surface area contributed by atoms with Crippen LogP contribution < -0.4 is 104 Å². The highest BCUT2D eigenvalue weighted by atomic mass is 16.4. The van der Waals surface area contributed by atoms with E-state index in [0.29, 0.717) is 12.8 Å². The summed E-state index contributed by atoms with van der Waals surface area (Å²) in [5, 5.41) is 65.3. The molecule has 0 aromatic heterocycles. The van der Waals surface area contributed by atoms with Crippen LogP contribution in [0, 0.1) is 5.92 Å². The summed E-state index contributed by atoms with van der Waals surface area (Å²) >= 11 is 0. The molecule has 0 bridgehead atoms. The summed E-state index contributed by atoms with van der Waals surface area (Å²) < 4.78 is 0. The van der Waals surface area contributed by atoms with Gasteiger partial charge in [-0.3, -0.25) is 101 Å². The van der Waals surface area contributed by atoms with E-state index in [1.54, 1.807) is 13.8 Å². The van der Waals surface area contributed by atoms with Crippen LogP contribution in [0.25, 0.3) is 0 Å². The first kappa shape index (κ1) is 103. The Morgan fingerprint density at radius 2 is 0.810 bits per heavy atom. The van der Waals surface area contributed by atoms with Gasteiger partial charge in [0, 0.05) is 45.2 Å². The normalized spacial score (nSPS) is 15.2. The number of aliphatic imine (C=N–C) groups is 1. The van der Waals surface area contributed by atoms with Gasteiger partial charge in [-0.25, -0.2) is 0 Å². The van der Waals surface area contributed by atoms with Gasteiger partial charge in [-0.15, -0.1) is 0 Å². The van der Waals surface area contributed by atoms with Gasteiger partial charge in [-0.2, -0.15) is 0 Å². The van der Waals surface area contributed by atoms with Crippen molar-refractivity contribution in [2.24, 2.45) is 56.8 Å². The highest BCUT2D eigenvalue weighted by molar-refractivity contribution is 6.01.